The minimum absolute atomic E-state index is 0.831. The van der Waals surface area contributed by atoms with Gasteiger partial charge in [-0.15, -0.1) is 0 Å². The van der Waals surface area contributed by atoms with Crippen LogP contribution in [0.5, 0.6) is 0 Å². The number of nitrogens with zero attached hydrogens (tertiary/aromatic N) is 1. The molecule has 2 atom stereocenters. The Morgan fingerprint density at radius 3 is 2.62 bits per heavy atom. The van der Waals surface area contributed by atoms with Gasteiger partial charge in [-0.3, -0.25) is 0 Å². The normalized spacial score (nSPS) is 37.5. The number of fused-ring (bicyclic) bond motifs is 1. The molecule has 2 heterocycles. The molecule has 16 heavy (non-hydrogen) atoms. The zero-order valence-electron chi connectivity index (χ0n) is 10.5. The average molecular weight is 222 g/mol. The molecule has 1 saturated carbocycles. The van der Waals surface area contributed by atoms with Gasteiger partial charge in [-0.1, -0.05) is 19.3 Å². The van der Waals surface area contributed by atoms with E-state index in [4.69, 9.17) is 0 Å². The van der Waals surface area contributed by atoms with Crippen LogP contribution in [0.15, 0.2) is 0 Å². The van der Waals surface area contributed by atoms with Gasteiger partial charge in [0.25, 0.3) is 0 Å². The van der Waals surface area contributed by atoms with Crippen molar-refractivity contribution in [1.82, 2.24) is 10.2 Å². The predicted octanol–water partition coefficient (Wildman–Crippen LogP) is 2.25. The van der Waals surface area contributed by atoms with Crippen molar-refractivity contribution >= 4 is 0 Å². The van der Waals surface area contributed by atoms with E-state index in [9.17, 15) is 0 Å². The first-order valence-corrected chi connectivity index (χ1v) is 7.37. The summed E-state index contributed by atoms with van der Waals surface area (Å²) in [5.41, 5.74) is 0. The fraction of sp³-hybridized carbons (Fsp3) is 1.00. The summed E-state index contributed by atoms with van der Waals surface area (Å²) in [5, 5.41) is 3.71. The van der Waals surface area contributed by atoms with E-state index < -0.39 is 0 Å². The molecule has 0 radical (unpaired) electrons. The highest BCUT2D eigenvalue weighted by Crippen LogP contribution is 2.29. The van der Waals surface area contributed by atoms with Crippen LogP contribution in [-0.4, -0.2) is 37.1 Å². The molecule has 0 bridgehead atoms. The number of rotatable bonds is 2. The van der Waals surface area contributed by atoms with Crippen LogP contribution in [0.2, 0.25) is 0 Å². The number of hydrogen-bond donors (Lipinski definition) is 1. The predicted molar refractivity (Wildman–Crippen MR) is 67.5 cm³/mol. The van der Waals surface area contributed by atoms with Crippen molar-refractivity contribution in [2.75, 3.05) is 26.2 Å². The molecule has 1 aliphatic carbocycles. The standard InChI is InChI=1S/C14H26N2/c1-2-5-12(6-3-1)9-16-10-13-7-4-8-15-14(13)11-16/h12-15H,1-11H2/t13-,14+/m0/s1. The number of nitrogens with one attached hydrogen (secondary N) is 1. The largest absolute Gasteiger partial charge is 0.312 e. The van der Waals surface area contributed by atoms with E-state index in [1.807, 2.05) is 0 Å². The molecule has 2 aliphatic heterocycles. The summed E-state index contributed by atoms with van der Waals surface area (Å²) in [7, 11) is 0. The number of piperidine rings is 1. The maximum atomic E-state index is 3.71. The SMILES string of the molecule is C1CCC(CN2C[C@@H]3CCCN[C@@H]3C2)CC1. The second kappa shape index (κ2) is 5.05. The van der Waals surface area contributed by atoms with Gasteiger partial charge < -0.3 is 10.2 Å². The van der Waals surface area contributed by atoms with Gasteiger partial charge in [-0.25, -0.2) is 0 Å². The molecule has 0 spiro atoms. The number of hydrogen-bond acceptors (Lipinski definition) is 2. The molecule has 0 aromatic rings. The van der Waals surface area contributed by atoms with Crippen molar-refractivity contribution < 1.29 is 0 Å². The van der Waals surface area contributed by atoms with E-state index in [1.54, 1.807) is 0 Å². The van der Waals surface area contributed by atoms with E-state index in [2.05, 4.69) is 10.2 Å². The van der Waals surface area contributed by atoms with Crippen LogP contribution in [0.1, 0.15) is 44.9 Å². The Morgan fingerprint density at radius 2 is 1.81 bits per heavy atom. The van der Waals surface area contributed by atoms with Crippen molar-refractivity contribution in [2.24, 2.45) is 11.8 Å². The lowest BCUT2D eigenvalue weighted by Crippen LogP contribution is -2.40. The van der Waals surface area contributed by atoms with Crippen molar-refractivity contribution in [1.29, 1.82) is 0 Å². The third-order valence-electron chi connectivity index (χ3n) is 4.92. The van der Waals surface area contributed by atoms with Crippen LogP contribution in [0.25, 0.3) is 0 Å². The summed E-state index contributed by atoms with van der Waals surface area (Å²) in [6.07, 6.45) is 10.3. The summed E-state index contributed by atoms with van der Waals surface area (Å²) in [4.78, 5) is 2.75. The molecule has 0 amide bonds. The van der Waals surface area contributed by atoms with Crippen LogP contribution >= 0.6 is 0 Å². The topological polar surface area (TPSA) is 15.3 Å². The molecule has 2 heteroatoms. The van der Waals surface area contributed by atoms with Crippen LogP contribution in [0.3, 0.4) is 0 Å². The minimum Gasteiger partial charge on any atom is -0.312 e. The first-order chi connectivity index (χ1) is 7.92. The van der Waals surface area contributed by atoms with Crippen LogP contribution in [0.4, 0.5) is 0 Å². The van der Waals surface area contributed by atoms with Crippen molar-refractivity contribution in [3.8, 4) is 0 Å². The van der Waals surface area contributed by atoms with Gasteiger partial charge in [0.05, 0.1) is 0 Å². The zero-order chi connectivity index (χ0) is 10.8. The molecule has 92 valence electrons. The van der Waals surface area contributed by atoms with Gasteiger partial charge in [0.15, 0.2) is 0 Å². The Balaban J connectivity index is 1.49. The first kappa shape index (κ1) is 11.0. The summed E-state index contributed by atoms with van der Waals surface area (Å²) in [6.45, 7) is 5.38. The van der Waals surface area contributed by atoms with Gasteiger partial charge in [-0.05, 0) is 44.1 Å². The second-order valence-corrected chi connectivity index (χ2v) is 6.19. The summed E-state index contributed by atoms with van der Waals surface area (Å²) >= 11 is 0. The molecular weight excluding hydrogens is 196 g/mol. The molecule has 3 rings (SSSR count). The minimum atomic E-state index is 0.831. The Kier molecular flexibility index (Phi) is 3.49. The fourth-order valence-corrected chi connectivity index (χ4v) is 4.02. The van der Waals surface area contributed by atoms with Gasteiger partial charge in [-0.2, -0.15) is 0 Å². The third kappa shape index (κ3) is 2.43. The maximum Gasteiger partial charge on any atom is 0.0235 e. The fourth-order valence-electron chi connectivity index (χ4n) is 4.02. The highest BCUT2D eigenvalue weighted by molar-refractivity contribution is 4.92. The monoisotopic (exact) mass is 222 g/mol. The van der Waals surface area contributed by atoms with Crippen molar-refractivity contribution in [3.05, 3.63) is 0 Å². The van der Waals surface area contributed by atoms with Gasteiger partial charge in [0.2, 0.25) is 0 Å². The Hall–Kier alpha value is -0.0800. The average Bonchev–Trinajstić information content (AvgIpc) is 2.72. The lowest BCUT2D eigenvalue weighted by atomic mass is 9.89. The van der Waals surface area contributed by atoms with Crippen molar-refractivity contribution in [2.45, 2.75) is 51.0 Å². The highest BCUT2D eigenvalue weighted by atomic mass is 15.2. The molecular formula is C14H26N2. The van der Waals surface area contributed by atoms with Crippen LogP contribution in [-0.2, 0) is 0 Å². The molecule has 2 nitrogen and oxygen atoms in total. The Labute approximate surface area is 99.8 Å². The molecule has 0 aromatic heterocycles. The molecule has 3 fully saturated rings. The Morgan fingerprint density at radius 1 is 0.938 bits per heavy atom. The molecule has 0 unspecified atom stereocenters. The summed E-state index contributed by atoms with van der Waals surface area (Å²) in [6, 6.07) is 0.831. The first-order valence-electron chi connectivity index (χ1n) is 7.37. The van der Waals surface area contributed by atoms with Gasteiger partial charge in [0.1, 0.15) is 0 Å². The van der Waals surface area contributed by atoms with E-state index >= 15 is 0 Å². The van der Waals surface area contributed by atoms with Crippen LogP contribution < -0.4 is 5.32 Å². The third-order valence-corrected chi connectivity index (χ3v) is 4.92. The van der Waals surface area contributed by atoms with Crippen LogP contribution in [0, 0.1) is 11.8 Å². The quantitative estimate of drug-likeness (QED) is 0.771. The maximum absolute atomic E-state index is 3.71. The van der Waals surface area contributed by atoms with Gasteiger partial charge in [0, 0.05) is 25.7 Å². The second-order valence-electron chi connectivity index (χ2n) is 6.19. The van der Waals surface area contributed by atoms with E-state index in [1.165, 1.54) is 71.1 Å². The zero-order valence-corrected chi connectivity index (χ0v) is 10.5. The lowest BCUT2D eigenvalue weighted by Gasteiger charge is -2.26. The molecule has 1 N–H and O–H groups in total. The van der Waals surface area contributed by atoms with Crippen molar-refractivity contribution in [3.63, 3.8) is 0 Å². The molecule has 0 aromatic carbocycles. The highest BCUT2D eigenvalue weighted by Gasteiger charge is 2.34. The number of likely N-dealkylation sites (tertiary alicyclic amines) is 1. The van der Waals surface area contributed by atoms with E-state index in [0.717, 1.165) is 17.9 Å². The lowest BCUT2D eigenvalue weighted by molar-refractivity contribution is 0.227. The van der Waals surface area contributed by atoms with Gasteiger partial charge >= 0.3 is 0 Å². The van der Waals surface area contributed by atoms with E-state index in [0.29, 0.717) is 0 Å². The molecule has 2 saturated heterocycles. The molecule has 3 aliphatic rings. The summed E-state index contributed by atoms with van der Waals surface area (Å²) < 4.78 is 0. The summed E-state index contributed by atoms with van der Waals surface area (Å²) in [5.74, 6) is 1.99. The van der Waals surface area contributed by atoms with E-state index in [-0.39, 0.29) is 0 Å². The smallest absolute Gasteiger partial charge is 0.0235 e. The Bertz CT molecular complexity index is 209.